The van der Waals surface area contributed by atoms with E-state index in [1.54, 1.807) is 6.26 Å². The van der Waals surface area contributed by atoms with Gasteiger partial charge in [0.15, 0.2) is 6.10 Å². The highest BCUT2D eigenvalue weighted by Gasteiger charge is 2.32. The van der Waals surface area contributed by atoms with Gasteiger partial charge in [-0.05, 0) is 12.0 Å². The molecule has 68 valence electrons. The second-order valence-corrected chi connectivity index (χ2v) is 3.13. The second-order valence-electron chi connectivity index (χ2n) is 3.13. The molecule has 0 aromatic rings. The van der Waals surface area contributed by atoms with Gasteiger partial charge in [0.25, 0.3) is 0 Å². The molecular weight excluding hydrogens is 156 g/mol. The van der Waals surface area contributed by atoms with Crippen molar-refractivity contribution in [3.63, 3.8) is 0 Å². The molecule has 0 saturated carbocycles. The van der Waals surface area contributed by atoms with Crippen LogP contribution in [0.2, 0.25) is 0 Å². The van der Waals surface area contributed by atoms with Crippen molar-refractivity contribution in [1.29, 1.82) is 0 Å². The Balaban J connectivity index is 2.67. The average molecular weight is 170 g/mol. The van der Waals surface area contributed by atoms with Gasteiger partial charge in [0.2, 0.25) is 0 Å². The van der Waals surface area contributed by atoms with E-state index < -0.39 is 6.10 Å². The lowest BCUT2D eigenvalue weighted by Gasteiger charge is -2.28. The van der Waals surface area contributed by atoms with Crippen molar-refractivity contribution < 1.29 is 14.3 Å². The van der Waals surface area contributed by atoms with Crippen molar-refractivity contribution >= 4 is 5.97 Å². The van der Waals surface area contributed by atoms with E-state index in [0.717, 1.165) is 0 Å². The van der Waals surface area contributed by atoms with Crippen molar-refractivity contribution in [2.45, 2.75) is 20.0 Å². The Morgan fingerprint density at radius 3 is 2.75 bits per heavy atom. The average Bonchev–Trinajstić information content (AvgIpc) is 2.08. The van der Waals surface area contributed by atoms with Crippen LogP contribution in [0.4, 0.5) is 0 Å². The van der Waals surface area contributed by atoms with Crippen LogP contribution in [0.1, 0.15) is 13.8 Å². The number of carbonyl (C=O) groups excluding carboxylic acids is 1. The number of allylic oxidation sites excluding steroid dienone is 1. The van der Waals surface area contributed by atoms with Gasteiger partial charge in [0, 0.05) is 5.92 Å². The highest BCUT2D eigenvalue weighted by atomic mass is 16.6. The van der Waals surface area contributed by atoms with E-state index in [0.29, 0.717) is 5.92 Å². The number of hydrogen-bond donors (Lipinski definition) is 0. The molecule has 12 heavy (non-hydrogen) atoms. The third-order valence-corrected chi connectivity index (χ3v) is 2.35. The third kappa shape index (κ3) is 1.60. The summed E-state index contributed by atoms with van der Waals surface area (Å²) in [5, 5.41) is 0. The van der Waals surface area contributed by atoms with Gasteiger partial charge in [0.1, 0.15) is 0 Å². The monoisotopic (exact) mass is 170 g/mol. The van der Waals surface area contributed by atoms with Crippen LogP contribution in [-0.4, -0.2) is 19.2 Å². The Labute approximate surface area is 72.4 Å². The standard InChI is InChI=1S/C9H14O3/c1-6-4-5-12-8(7(6)2)9(10)11-3/h4-8H,1-3H3/t6?,7-,8?/m0/s1. The van der Waals surface area contributed by atoms with Crippen LogP contribution in [-0.2, 0) is 14.3 Å². The minimum absolute atomic E-state index is 0.183. The van der Waals surface area contributed by atoms with Gasteiger partial charge in [-0.3, -0.25) is 0 Å². The Kier molecular flexibility index (Phi) is 2.74. The molecule has 0 fully saturated rings. The molecule has 0 aliphatic carbocycles. The summed E-state index contributed by atoms with van der Waals surface area (Å²) in [4.78, 5) is 11.1. The molecule has 0 spiro atoms. The van der Waals surface area contributed by atoms with Crippen molar-refractivity contribution in [2.75, 3.05) is 7.11 Å². The van der Waals surface area contributed by atoms with Gasteiger partial charge in [0.05, 0.1) is 13.4 Å². The van der Waals surface area contributed by atoms with Gasteiger partial charge in [-0.15, -0.1) is 0 Å². The van der Waals surface area contributed by atoms with Crippen molar-refractivity contribution in [3.8, 4) is 0 Å². The van der Waals surface area contributed by atoms with E-state index in [1.807, 2.05) is 13.0 Å². The molecule has 0 bridgehead atoms. The fourth-order valence-electron chi connectivity index (χ4n) is 1.22. The van der Waals surface area contributed by atoms with Crippen LogP contribution in [0.5, 0.6) is 0 Å². The summed E-state index contributed by atoms with van der Waals surface area (Å²) in [6, 6.07) is 0. The van der Waals surface area contributed by atoms with Crippen molar-refractivity contribution in [1.82, 2.24) is 0 Å². The zero-order chi connectivity index (χ0) is 9.14. The van der Waals surface area contributed by atoms with E-state index in [9.17, 15) is 4.79 Å². The largest absolute Gasteiger partial charge is 0.486 e. The first-order valence-corrected chi connectivity index (χ1v) is 4.06. The van der Waals surface area contributed by atoms with E-state index in [4.69, 9.17) is 4.74 Å². The van der Waals surface area contributed by atoms with Gasteiger partial charge < -0.3 is 9.47 Å². The van der Waals surface area contributed by atoms with Crippen LogP contribution in [0.25, 0.3) is 0 Å². The normalized spacial score (nSPS) is 34.1. The van der Waals surface area contributed by atoms with Crippen LogP contribution >= 0.6 is 0 Å². The van der Waals surface area contributed by atoms with Crippen molar-refractivity contribution in [2.24, 2.45) is 11.8 Å². The molecule has 2 unspecified atom stereocenters. The number of esters is 1. The lowest BCUT2D eigenvalue weighted by molar-refractivity contribution is -0.155. The first-order valence-electron chi connectivity index (χ1n) is 4.06. The fraction of sp³-hybridized carbons (Fsp3) is 0.667. The summed E-state index contributed by atoms with van der Waals surface area (Å²) in [7, 11) is 1.38. The number of hydrogen-bond acceptors (Lipinski definition) is 3. The minimum atomic E-state index is -0.435. The SMILES string of the molecule is COC(=O)C1OC=CC(C)[C@@H]1C. The Morgan fingerprint density at radius 1 is 1.50 bits per heavy atom. The Hall–Kier alpha value is -0.990. The number of rotatable bonds is 1. The molecule has 3 nitrogen and oxygen atoms in total. The molecule has 1 rings (SSSR count). The predicted molar refractivity (Wildman–Crippen MR) is 44.4 cm³/mol. The number of carbonyl (C=O) groups is 1. The van der Waals surface area contributed by atoms with Gasteiger partial charge in [-0.25, -0.2) is 4.79 Å². The maximum Gasteiger partial charge on any atom is 0.347 e. The first-order chi connectivity index (χ1) is 5.66. The summed E-state index contributed by atoms with van der Waals surface area (Å²) in [5.41, 5.74) is 0. The molecule has 1 heterocycles. The molecule has 0 N–H and O–H groups in total. The molecule has 1 aliphatic rings. The minimum Gasteiger partial charge on any atom is -0.486 e. The third-order valence-electron chi connectivity index (χ3n) is 2.35. The number of ether oxygens (including phenoxy) is 2. The maximum absolute atomic E-state index is 11.1. The lowest BCUT2D eigenvalue weighted by Crippen LogP contribution is -2.35. The van der Waals surface area contributed by atoms with E-state index in [2.05, 4.69) is 11.7 Å². The predicted octanol–water partition coefficient (Wildman–Crippen LogP) is 1.34. The van der Waals surface area contributed by atoms with Gasteiger partial charge in [-0.1, -0.05) is 13.8 Å². The second kappa shape index (κ2) is 3.61. The Bertz CT molecular complexity index is 198. The summed E-state index contributed by atoms with van der Waals surface area (Å²) in [6.07, 6.45) is 3.09. The quantitative estimate of drug-likeness (QED) is 0.557. The van der Waals surface area contributed by atoms with Gasteiger partial charge in [-0.2, -0.15) is 0 Å². The summed E-state index contributed by atoms with van der Waals surface area (Å²) >= 11 is 0. The molecule has 0 amide bonds. The van der Waals surface area contributed by atoms with E-state index >= 15 is 0 Å². The van der Waals surface area contributed by atoms with E-state index in [-0.39, 0.29) is 11.9 Å². The smallest absolute Gasteiger partial charge is 0.347 e. The van der Waals surface area contributed by atoms with Crippen molar-refractivity contribution in [3.05, 3.63) is 12.3 Å². The maximum atomic E-state index is 11.1. The molecule has 0 aromatic heterocycles. The van der Waals surface area contributed by atoms with Crippen LogP contribution in [0, 0.1) is 11.8 Å². The molecule has 1 aliphatic heterocycles. The first kappa shape index (κ1) is 9.10. The summed E-state index contributed by atoms with van der Waals surface area (Å²) < 4.78 is 9.77. The molecule has 0 radical (unpaired) electrons. The van der Waals surface area contributed by atoms with E-state index in [1.165, 1.54) is 7.11 Å². The molecule has 0 saturated heterocycles. The lowest BCUT2D eigenvalue weighted by atomic mass is 9.89. The zero-order valence-electron chi connectivity index (χ0n) is 7.61. The highest BCUT2D eigenvalue weighted by molar-refractivity contribution is 5.75. The topological polar surface area (TPSA) is 35.5 Å². The summed E-state index contributed by atoms with van der Waals surface area (Å²) in [5.74, 6) is 0.254. The summed E-state index contributed by atoms with van der Waals surface area (Å²) in [6.45, 7) is 4.04. The molecule has 3 heteroatoms. The molecular formula is C9H14O3. The van der Waals surface area contributed by atoms with Crippen LogP contribution in [0.3, 0.4) is 0 Å². The van der Waals surface area contributed by atoms with Gasteiger partial charge >= 0.3 is 5.97 Å². The van der Waals surface area contributed by atoms with Crippen LogP contribution in [0.15, 0.2) is 12.3 Å². The zero-order valence-corrected chi connectivity index (χ0v) is 7.61. The fourth-order valence-corrected chi connectivity index (χ4v) is 1.22. The highest BCUT2D eigenvalue weighted by Crippen LogP contribution is 2.24. The molecule has 0 aromatic carbocycles. The Morgan fingerprint density at radius 2 is 2.17 bits per heavy atom. The number of methoxy groups -OCH3 is 1. The van der Waals surface area contributed by atoms with Crippen LogP contribution < -0.4 is 0 Å². The molecule has 3 atom stereocenters.